The Balaban J connectivity index is 2.40. The average molecular weight is 276 g/mol. The highest BCUT2D eigenvalue weighted by atomic mass is 16.6. The maximum Gasteiger partial charge on any atom is 0.358 e. The van der Waals surface area contributed by atoms with E-state index >= 15 is 0 Å². The van der Waals surface area contributed by atoms with Crippen molar-refractivity contribution in [2.45, 2.75) is 6.92 Å². The van der Waals surface area contributed by atoms with Crippen LogP contribution in [0.2, 0.25) is 0 Å². The van der Waals surface area contributed by atoms with E-state index in [4.69, 9.17) is 10.5 Å². The van der Waals surface area contributed by atoms with Crippen molar-refractivity contribution in [1.29, 1.82) is 0 Å². The molecule has 0 saturated carbocycles. The largest absolute Gasteiger partial charge is 0.461 e. The van der Waals surface area contributed by atoms with Crippen molar-refractivity contribution >= 4 is 17.5 Å². The molecule has 0 atom stereocenters. The fourth-order valence-corrected chi connectivity index (χ4v) is 1.65. The van der Waals surface area contributed by atoms with Crippen LogP contribution in [0.15, 0.2) is 30.3 Å². The average Bonchev–Trinajstić information content (AvgIpc) is 2.81. The molecule has 0 fully saturated rings. The van der Waals surface area contributed by atoms with Gasteiger partial charge in [0.2, 0.25) is 0 Å². The molecule has 1 heterocycles. The number of benzene rings is 1. The lowest BCUT2D eigenvalue weighted by molar-refractivity contribution is -0.384. The summed E-state index contributed by atoms with van der Waals surface area (Å²) in [5.74, 6) is -0.406. The summed E-state index contributed by atoms with van der Waals surface area (Å²) in [6.45, 7) is 1.90. The van der Waals surface area contributed by atoms with Gasteiger partial charge in [-0.3, -0.25) is 10.1 Å². The van der Waals surface area contributed by atoms with E-state index in [1.807, 2.05) is 0 Å². The number of nitro benzene ring substituents is 1. The van der Waals surface area contributed by atoms with E-state index in [0.29, 0.717) is 5.69 Å². The number of carbonyl (C=O) groups is 1. The van der Waals surface area contributed by atoms with Crippen molar-refractivity contribution in [2.75, 3.05) is 12.3 Å². The lowest BCUT2D eigenvalue weighted by Crippen LogP contribution is -2.07. The van der Waals surface area contributed by atoms with Gasteiger partial charge in [-0.15, -0.1) is 0 Å². The maximum absolute atomic E-state index is 11.6. The number of anilines is 1. The summed E-state index contributed by atoms with van der Waals surface area (Å²) in [6.07, 6.45) is 0. The topological polar surface area (TPSA) is 113 Å². The van der Waals surface area contributed by atoms with Gasteiger partial charge in [0.15, 0.2) is 5.69 Å². The van der Waals surface area contributed by atoms with Crippen molar-refractivity contribution in [3.63, 3.8) is 0 Å². The van der Waals surface area contributed by atoms with Crippen LogP contribution < -0.4 is 5.73 Å². The molecule has 0 saturated heterocycles. The van der Waals surface area contributed by atoms with Gasteiger partial charge in [0, 0.05) is 18.2 Å². The first-order valence-electron chi connectivity index (χ1n) is 5.80. The summed E-state index contributed by atoms with van der Waals surface area (Å²) in [4.78, 5) is 21.8. The lowest BCUT2D eigenvalue weighted by Gasteiger charge is -2.03. The second kappa shape index (κ2) is 5.39. The SMILES string of the molecule is CCOC(=O)c1cc(N)n(-c2cccc([N+](=O)[O-])c2)n1. The van der Waals surface area contributed by atoms with Crippen LogP contribution in [0, 0.1) is 10.1 Å². The van der Waals surface area contributed by atoms with Crippen molar-refractivity contribution in [2.24, 2.45) is 0 Å². The molecule has 0 unspecified atom stereocenters. The van der Waals surface area contributed by atoms with Crippen molar-refractivity contribution in [3.8, 4) is 5.69 Å². The number of nitrogen functional groups attached to an aromatic ring is 1. The minimum absolute atomic E-state index is 0.0517. The van der Waals surface area contributed by atoms with Crippen LogP contribution in [0.4, 0.5) is 11.5 Å². The number of nitrogens with two attached hydrogens (primary N) is 1. The summed E-state index contributed by atoms with van der Waals surface area (Å²) in [7, 11) is 0. The van der Waals surface area contributed by atoms with Gasteiger partial charge in [0.1, 0.15) is 5.82 Å². The Bertz CT molecular complexity index is 665. The molecule has 1 aromatic carbocycles. The van der Waals surface area contributed by atoms with Gasteiger partial charge < -0.3 is 10.5 Å². The Hall–Kier alpha value is -2.90. The van der Waals surface area contributed by atoms with Crippen molar-refractivity contribution < 1.29 is 14.5 Å². The maximum atomic E-state index is 11.6. The highest BCUT2D eigenvalue weighted by Crippen LogP contribution is 2.19. The number of hydrogen-bond donors (Lipinski definition) is 1. The number of rotatable bonds is 4. The first kappa shape index (κ1) is 13.5. The van der Waals surface area contributed by atoms with E-state index in [-0.39, 0.29) is 23.8 Å². The van der Waals surface area contributed by atoms with Gasteiger partial charge in [0.25, 0.3) is 5.69 Å². The van der Waals surface area contributed by atoms with Gasteiger partial charge in [-0.25, -0.2) is 9.48 Å². The monoisotopic (exact) mass is 276 g/mol. The van der Waals surface area contributed by atoms with Gasteiger partial charge >= 0.3 is 5.97 Å². The molecule has 0 amide bonds. The Morgan fingerprint density at radius 3 is 2.90 bits per heavy atom. The number of carbonyl (C=O) groups excluding carboxylic acids is 1. The minimum atomic E-state index is -0.594. The third kappa shape index (κ3) is 2.58. The predicted molar refractivity (Wildman–Crippen MR) is 70.6 cm³/mol. The summed E-state index contributed by atoms with van der Waals surface area (Å²) in [5.41, 5.74) is 6.12. The quantitative estimate of drug-likeness (QED) is 0.514. The molecule has 2 N–H and O–H groups in total. The molecular formula is C12H12N4O4. The van der Waals surface area contributed by atoms with Crippen molar-refractivity contribution in [1.82, 2.24) is 9.78 Å². The van der Waals surface area contributed by atoms with Crippen LogP contribution in [0.25, 0.3) is 5.69 Å². The molecular weight excluding hydrogens is 264 g/mol. The van der Waals surface area contributed by atoms with Gasteiger partial charge in [-0.05, 0) is 13.0 Å². The normalized spacial score (nSPS) is 10.2. The molecule has 8 nitrogen and oxygen atoms in total. The molecule has 8 heteroatoms. The summed E-state index contributed by atoms with van der Waals surface area (Å²) in [5, 5.41) is 14.7. The molecule has 104 valence electrons. The third-order valence-electron chi connectivity index (χ3n) is 2.51. The highest BCUT2D eigenvalue weighted by molar-refractivity contribution is 5.88. The second-order valence-corrected chi connectivity index (χ2v) is 3.86. The highest BCUT2D eigenvalue weighted by Gasteiger charge is 2.16. The number of nitrogens with zero attached hydrogens (tertiary/aromatic N) is 3. The number of hydrogen-bond acceptors (Lipinski definition) is 6. The van der Waals surface area contributed by atoms with Gasteiger partial charge in [-0.2, -0.15) is 5.10 Å². The summed E-state index contributed by atoms with van der Waals surface area (Å²) in [6, 6.07) is 7.15. The number of aromatic nitrogens is 2. The molecule has 0 aliphatic rings. The predicted octanol–water partition coefficient (Wildman–Crippen LogP) is 1.54. The lowest BCUT2D eigenvalue weighted by atomic mass is 10.3. The first-order valence-corrected chi connectivity index (χ1v) is 5.80. The van der Waals surface area contributed by atoms with Gasteiger partial charge in [-0.1, -0.05) is 6.07 Å². The molecule has 1 aromatic heterocycles. The fraction of sp³-hybridized carbons (Fsp3) is 0.167. The minimum Gasteiger partial charge on any atom is -0.461 e. The number of ether oxygens (including phenoxy) is 1. The smallest absolute Gasteiger partial charge is 0.358 e. The fourth-order valence-electron chi connectivity index (χ4n) is 1.65. The second-order valence-electron chi connectivity index (χ2n) is 3.86. The molecule has 2 aromatic rings. The Kier molecular flexibility index (Phi) is 3.65. The van der Waals surface area contributed by atoms with E-state index in [9.17, 15) is 14.9 Å². The van der Waals surface area contributed by atoms with E-state index < -0.39 is 10.9 Å². The molecule has 0 radical (unpaired) electrons. The first-order chi connectivity index (χ1) is 9.52. The third-order valence-corrected chi connectivity index (χ3v) is 2.51. The Morgan fingerprint density at radius 1 is 1.50 bits per heavy atom. The van der Waals surface area contributed by atoms with Crippen molar-refractivity contribution in [3.05, 3.63) is 46.1 Å². The standard InChI is InChI=1S/C12H12N4O4/c1-2-20-12(17)10-7-11(13)15(14-10)8-4-3-5-9(6-8)16(18)19/h3-7H,2,13H2,1H3. The van der Waals surface area contributed by atoms with E-state index in [2.05, 4.69) is 5.10 Å². The molecule has 20 heavy (non-hydrogen) atoms. The van der Waals surface area contributed by atoms with Gasteiger partial charge in [0.05, 0.1) is 17.2 Å². The van der Waals surface area contributed by atoms with Crippen LogP contribution in [-0.4, -0.2) is 27.3 Å². The summed E-state index contributed by atoms with van der Waals surface area (Å²) >= 11 is 0. The van der Waals surface area contributed by atoms with E-state index in [1.165, 1.54) is 28.9 Å². The van der Waals surface area contributed by atoms with E-state index in [1.54, 1.807) is 13.0 Å². The molecule has 0 aliphatic carbocycles. The van der Waals surface area contributed by atoms with Crippen LogP contribution in [-0.2, 0) is 4.74 Å². The zero-order valence-electron chi connectivity index (χ0n) is 10.6. The van der Waals surface area contributed by atoms with Crippen LogP contribution in [0.3, 0.4) is 0 Å². The molecule has 0 bridgehead atoms. The molecule has 2 rings (SSSR count). The summed E-state index contributed by atoms with van der Waals surface area (Å²) < 4.78 is 6.06. The zero-order chi connectivity index (χ0) is 14.7. The molecule has 0 aliphatic heterocycles. The van der Waals surface area contributed by atoms with Crippen LogP contribution in [0.1, 0.15) is 17.4 Å². The number of non-ortho nitro benzene ring substituents is 1. The number of esters is 1. The van der Waals surface area contributed by atoms with Crippen LogP contribution in [0.5, 0.6) is 0 Å². The molecule has 0 spiro atoms. The Morgan fingerprint density at radius 2 is 2.25 bits per heavy atom. The van der Waals surface area contributed by atoms with E-state index in [0.717, 1.165) is 0 Å². The Labute approximate surface area is 113 Å². The number of nitro groups is 1. The zero-order valence-corrected chi connectivity index (χ0v) is 10.6. The van der Waals surface area contributed by atoms with Crippen LogP contribution >= 0.6 is 0 Å².